The van der Waals surface area contributed by atoms with Gasteiger partial charge in [0.25, 0.3) is 5.91 Å². The van der Waals surface area contributed by atoms with E-state index in [9.17, 15) is 9.18 Å². The molecular formula is C16H18FN3O2. The van der Waals surface area contributed by atoms with Crippen molar-refractivity contribution in [1.29, 1.82) is 0 Å². The lowest BCUT2D eigenvalue weighted by Crippen LogP contribution is -2.37. The smallest absolute Gasteiger partial charge is 0.251 e. The molecule has 116 valence electrons. The molecule has 2 N–H and O–H groups in total. The molecule has 6 heteroatoms. The number of aliphatic hydroxyl groups excluding tert-OH is 1. The maximum Gasteiger partial charge on any atom is 0.251 e. The fourth-order valence-corrected chi connectivity index (χ4v) is 2.56. The van der Waals surface area contributed by atoms with Crippen molar-refractivity contribution in [3.8, 4) is 5.69 Å². The summed E-state index contributed by atoms with van der Waals surface area (Å²) in [7, 11) is 0. The highest BCUT2D eigenvalue weighted by molar-refractivity contribution is 5.94. The number of halogens is 1. The largest absolute Gasteiger partial charge is 0.396 e. The summed E-state index contributed by atoms with van der Waals surface area (Å²) in [5.41, 5.74) is 0.577. The van der Waals surface area contributed by atoms with E-state index in [-0.39, 0.29) is 24.1 Å². The highest BCUT2D eigenvalue weighted by atomic mass is 19.1. The van der Waals surface area contributed by atoms with Crippen molar-refractivity contribution in [1.82, 2.24) is 15.1 Å². The highest BCUT2D eigenvalue weighted by Gasteiger charge is 2.32. The van der Waals surface area contributed by atoms with Crippen LogP contribution in [0, 0.1) is 11.7 Å². The van der Waals surface area contributed by atoms with Crippen molar-refractivity contribution in [2.24, 2.45) is 5.92 Å². The third-order valence-electron chi connectivity index (χ3n) is 3.91. The zero-order chi connectivity index (χ0) is 15.5. The Morgan fingerprint density at radius 2 is 2.32 bits per heavy atom. The van der Waals surface area contributed by atoms with E-state index in [4.69, 9.17) is 5.11 Å². The predicted molar refractivity (Wildman–Crippen MR) is 79.2 cm³/mol. The van der Waals surface area contributed by atoms with E-state index < -0.39 is 5.82 Å². The third-order valence-corrected chi connectivity index (χ3v) is 3.91. The van der Waals surface area contributed by atoms with Crippen LogP contribution in [0.25, 0.3) is 5.69 Å². The van der Waals surface area contributed by atoms with Gasteiger partial charge in [-0.2, -0.15) is 5.10 Å². The molecule has 0 bridgehead atoms. The van der Waals surface area contributed by atoms with Gasteiger partial charge in [-0.1, -0.05) is 0 Å². The number of hydrogen-bond acceptors (Lipinski definition) is 3. The predicted octanol–water partition coefficient (Wildman–Crippen LogP) is 1.90. The number of nitrogens with one attached hydrogen (secondary N) is 1. The minimum absolute atomic E-state index is 0.0358. The van der Waals surface area contributed by atoms with Crippen LogP contribution in [0.2, 0.25) is 0 Å². The summed E-state index contributed by atoms with van der Waals surface area (Å²) in [6, 6.07) is 6.00. The molecule has 1 atom stereocenters. The summed E-state index contributed by atoms with van der Waals surface area (Å²) in [6.07, 6.45) is 5.87. The first-order valence-electron chi connectivity index (χ1n) is 7.40. The molecule has 1 aliphatic rings. The van der Waals surface area contributed by atoms with Crippen molar-refractivity contribution in [2.45, 2.75) is 25.3 Å². The number of rotatable bonds is 6. The second-order valence-corrected chi connectivity index (χ2v) is 5.55. The summed E-state index contributed by atoms with van der Waals surface area (Å²) >= 11 is 0. The minimum Gasteiger partial charge on any atom is -0.396 e. The lowest BCUT2D eigenvalue weighted by atomic mass is 10.1. The Labute approximate surface area is 127 Å². The normalized spacial score (nSPS) is 15.5. The van der Waals surface area contributed by atoms with Crippen LogP contribution < -0.4 is 5.32 Å². The summed E-state index contributed by atoms with van der Waals surface area (Å²) in [5.74, 6) is -0.373. The van der Waals surface area contributed by atoms with Gasteiger partial charge in [0.15, 0.2) is 0 Å². The molecule has 1 unspecified atom stereocenters. The average molecular weight is 303 g/mol. The van der Waals surface area contributed by atoms with Gasteiger partial charge in [0.2, 0.25) is 0 Å². The van der Waals surface area contributed by atoms with Gasteiger partial charge in [-0.25, -0.2) is 9.07 Å². The minimum atomic E-state index is -0.499. The summed E-state index contributed by atoms with van der Waals surface area (Å²) in [4.78, 5) is 12.2. The number of hydrogen-bond donors (Lipinski definition) is 2. The van der Waals surface area contributed by atoms with E-state index in [2.05, 4.69) is 10.4 Å². The number of aromatic nitrogens is 2. The van der Waals surface area contributed by atoms with Gasteiger partial charge >= 0.3 is 0 Å². The number of nitrogens with zero attached hydrogens (tertiary/aromatic N) is 2. The van der Waals surface area contributed by atoms with Gasteiger partial charge in [0.1, 0.15) is 11.5 Å². The molecule has 0 radical (unpaired) electrons. The molecule has 0 aliphatic heterocycles. The summed E-state index contributed by atoms with van der Waals surface area (Å²) in [6.45, 7) is 0.0358. The quantitative estimate of drug-likeness (QED) is 0.856. The zero-order valence-corrected chi connectivity index (χ0v) is 12.1. The SMILES string of the molecule is O=C(NC(CCO)C1CC1)c1ccc(-n2cccn2)c(F)c1. The standard InChI is InChI=1S/C16H18FN3O2/c17-13-10-12(4-5-15(13)20-8-1-7-18-20)16(22)19-14(6-9-21)11-2-3-11/h1,4-5,7-8,10-11,14,21H,2-3,6,9H2,(H,19,22). The van der Waals surface area contributed by atoms with Crippen molar-refractivity contribution < 1.29 is 14.3 Å². The monoisotopic (exact) mass is 303 g/mol. The first-order chi connectivity index (χ1) is 10.7. The fraction of sp³-hybridized carbons (Fsp3) is 0.375. The van der Waals surface area contributed by atoms with Gasteiger partial charge in [-0.3, -0.25) is 4.79 Å². The molecule has 1 heterocycles. The Hall–Kier alpha value is -2.21. The first kappa shape index (κ1) is 14.7. The molecule has 5 nitrogen and oxygen atoms in total. The fourth-order valence-electron chi connectivity index (χ4n) is 2.56. The number of carbonyl (C=O) groups excluding carboxylic acids is 1. The highest BCUT2D eigenvalue weighted by Crippen LogP contribution is 2.34. The van der Waals surface area contributed by atoms with Crippen molar-refractivity contribution in [3.05, 3.63) is 48.0 Å². The van der Waals surface area contributed by atoms with E-state index in [1.807, 2.05) is 0 Å². The van der Waals surface area contributed by atoms with E-state index in [0.29, 0.717) is 18.0 Å². The maximum atomic E-state index is 14.1. The molecule has 1 amide bonds. The molecular weight excluding hydrogens is 285 g/mol. The van der Waals surface area contributed by atoms with Gasteiger partial charge in [0.05, 0.1) is 0 Å². The Morgan fingerprint density at radius 3 is 2.91 bits per heavy atom. The van der Waals surface area contributed by atoms with Gasteiger partial charge in [-0.05, 0) is 49.4 Å². The Kier molecular flexibility index (Phi) is 4.20. The summed E-state index contributed by atoms with van der Waals surface area (Å²) < 4.78 is 15.6. The van der Waals surface area contributed by atoms with Crippen LogP contribution in [0.5, 0.6) is 0 Å². The van der Waals surface area contributed by atoms with Crippen molar-refractivity contribution in [2.75, 3.05) is 6.61 Å². The van der Waals surface area contributed by atoms with E-state index in [1.54, 1.807) is 24.5 Å². The van der Waals surface area contributed by atoms with Crippen LogP contribution in [-0.2, 0) is 0 Å². The van der Waals surface area contributed by atoms with Gasteiger partial charge in [-0.15, -0.1) is 0 Å². The van der Waals surface area contributed by atoms with E-state index in [1.165, 1.54) is 16.8 Å². The molecule has 1 aromatic carbocycles. The topological polar surface area (TPSA) is 67.2 Å². The molecule has 0 spiro atoms. The van der Waals surface area contributed by atoms with Gasteiger partial charge < -0.3 is 10.4 Å². The van der Waals surface area contributed by atoms with Crippen molar-refractivity contribution in [3.63, 3.8) is 0 Å². The lowest BCUT2D eigenvalue weighted by Gasteiger charge is -2.17. The maximum absolute atomic E-state index is 14.1. The number of carbonyl (C=O) groups is 1. The lowest BCUT2D eigenvalue weighted by molar-refractivity contribution is 0.0924. The molecule has 1 saturated carbocycles. The van der Waals surface area contributed by atoms with Crippen LogP contribution in [0.4, 0.5) is 4.39 Å². The first-order valence-corrected chi connectivity index (χ1v) is 7.40. The number of benzene rings is 1. The Balaban J connectivity index is 1.74. The molecule has 0 saturated heterocycles. The van der Waals surface area contributed by atoms with Crippen LogP contribution in [0.3, 0.4) is 0 Å². The van der Waals surface area contributed by atoms with E-state index >= 15 is 0 Å². The summed E-state index contributed by atoms with van der Waals surface area (Å²) in [5, 5.41) is 15.9. The molecule has 3 rings (SSSR count). The molecule has 1 aromatic heterocycles. The molecule has 22 heavy (non-hydrogen) atoms. The Bertz CT molecular complexity index is 653. The molecule has 1 aliphatic carbocycles. The van der Waals surface area contributed by atoms with Crippen LogP contribution in [0.15, 0.2) is 36.7 Å². The Morgan fingerprint density at radius 1 is 1.50 bits per heavy atom. The van der Waals surface area contributed by atoms with Crippen LogP contribution in [0.1, 0.15) is 29.6 Å². The van der Waals surface area contributed by atoms with Crippen LogP contribution in [-0.4, -0.2) is 33.4 Å². The third kappa shape index (κ3) is 3.17. The second kappa shape index (κ2) is 6.27. The number of aliphatic hydroxyl groups is 1. The average Bonchev–Trinajstić information content (AvgIpc) is 3.22. The van der Waals surface area contributed by atoms with Gasteiger partial charge in [0, 0.05) is 30.6 Å². The second-order valence-electron chi connectivity index (χ2n) is 5.55. The van der Waals surface area contributed by atoms with E-state index in [0.717, 1.165) is 12.8 Å². The zero-order valence-electron chi connectivity index (χ0n) is 12.1. The molecule has 2 aromatic rings. The molecule has 1 fully saturated rings. The number of amides is 1. The van der Waals surface area contributed by atoms with Crippen molar-refractivity contribution >= 4 is 5.91 Å². The van der Waals surface area contributed by atoms with Crippen LogP contribution >= 0.6 is 0 Å².